The van der Waals surface area contributed by atoms with Crippen LogP contribution >= 0.6 is 0 Å². The highest BCUT2D eigenvalue weighted by atomic mass is 16.5. The van der Waals surface area contributed by atoms with Crippen molar-refractivity contribution in [3.63, 3.8) is 0 Å². The first-order valence-corrected chi connectivity index (χ1v) is 7.28. The van der Waals surface area contributed by atoms with Crippen molar-refractivity contribution in [2.24, 2.45) is 0 Å². The molecule has 1 aliphatic heterocycles. The van der Waals surface area contributed by atoms with Crippen molar-refractivity contribution in [3.05, 3.63) is 0 Å². The average molecular weight is 258 g/mol. The molecule has 1 atom stereocenters. The molecule has 0 spiro atoms. The normalized spacial score (nSPS) is 21.7. The van der Waals surface area contributed by atoms with Crippen LogP contribution in [0, 0.1) is 0 Å². The molecular formula is C14H30N2O2. The second-order valence-corrected chi connectivity index (χ2v) is 5.35. The summed E-state index contributed by atoms with van der Waals surface area (Å²) in [5.41, 5.74) is 0. The van der Waals surface area contributed by atoms with Crippen LogP contribution in [0.2, 0.25) is 0 Å². The summed E-state index contributed by atoms with van der Waals surface area (Å²) in [7, 11) is 1.71. The summed E-state index contributed by atoms with van der Waals surface area (Å²) in [4.78, 5) is 2.58. The van der Waals surface area contributed by atoms with E-state index in [9.17, 15) is 0 Å². The number of piperidine rings is 1. The lowest BCUT2D eigenvalue weighted by Crippen LogP contribution is -2.47. The third-order valence-electron chi connectivity index (χ3n) is 3.47. The topological polar surface area (TPSA) is 33.7 Å². The van der Waals surface area contributed by atoms with Crippen LogP contribution in [0.1, 0.15) is 33.1 Å². The van der Waals surface area contributed by atoms with Crippen LogP contribution < -0.4 is 5.32 Å². The van der Waals surface area contributed by atoms with Crippen LogP contribution in [-0.2, 0) is 9.47 Å². The summed E-state index contributed by atoms with van der Waals surface area (Å²) in [5, 5.41) is 3.55. The Bertz CT molecular complexity index is 200. The monoisotopic (exact) mass is 258 g/mol. The SMILES string of the molecule is COCCOCCN1CCCCC1CNC(C)C. The zero-order chi connectivity index (χ0) is 13.2. The molecule has 0 saturated carbocycles. The molecule has 108 valence electrons. The van der Waals surface area contributed by atoms with Gasteiger partial charge in [-0.1, -0.05) is 20.3 Å². The lowest BCUT2D eigenvalue weighted by atomic mass is 10.0. The molecule has 1 unspecified atom stereocenters. The number of rotatable bonds is 9. The number of ether oxygens (including phenoxy) is 2. The Kier molecular flexibility index (Phi) is 8.59. The van der Waals surface area contributed by atoms with Crippen molar-refractivity contribution >= 4 is 0 Å². The van der Waals surface area contributed by atoms with Gasteiger partial charge in [-0.2, -0.15) is 0 Å². The van der Waals surface area contributed by atoms with Gasteiger partial charge in [-0.15, -0.1) is 0 Å². The Morgan fingerprint density at radius 2 is 2.06 bits per heavy atom. The standard InChI is InChI=1S/C14H30N2O2/c1-13(2)15-12-14-6-4-5-7-16(14)8-9-18-11-10-17-3/h13-15H,4-12H2,1-3H3. The van der Waals surface area contributed by atoms with Gasteiger partial charge in [0, 0.05) is 32.3 Å². The highest BCUT2D eigenvalue weighted by Gasteiger charge is 2.21. The van der Waals surface area contributed by atoms with E-state index >= 15 is 0 Å². The molecule has 4 heteroatoms. The van der Waals surface area contributed by atoms with E-state index in [1.807, 2.05) is 0 Å². The summed E-state index contributed by atoms with van der Waals surface area (Å²) in [6.07, 6.45) is 4.01. The molecule has 1 saturated heterocycles. The lowest BCUT2D eigenvalue weighted by molar-refractivity contribution is 0.0421. The Morgan fingerprint density at radius 3 is 2.78 bits per heavy atom. The minimum atomic E-state index is 0.576. The van der Waals surface area contributed by atoms with E-state index in [-0.39, 0.29) is 0 Å². The minimum absolute atomic E-state index is 0.576. The minimum Gasteiger partial charge on any atom is -0.382 e. The molecule has 0 aliphatic carbocycles. The van der Waals surface area contributed by atoms with E-state index in [4.69, 9.17) is 9.47 Å². The molecule has 1 N–H and O–H groups in total. The summed E-state index contributed by atoms with van der Waals surface area (Å²) in [6.45, 7) is 10.0. The summed E-state index contributed by atoms with van der Waals surface area (Å²) >= 11 is 0. The predicted molar refractivity (Wildman–Crippen MR) is 75.0 cm³/mol. The first kappa shape index (κ1) is 15.9. The van der Waals surface area contributed by atoms with Gasteiger partial charge in [-0.3, -0.25) is 4.90 Å². The molecule has 0 bridgehead atoms. The molecule has 4 nitrogen and oxygen atoms in total. The van der Waals surface area contributed by atoms with Crippen molar-refractivity contribution in [2.75, 3.05) is 46.6 Å². The number of hydrogen-bond donors (Lipinski definition) is 1. The van der Waals surface area contributed by atoms with Crippen molar-refractivity contribution in [1.82, 2.24) is 10.2 Å². The van der Waals surface area contributed by atoms with Gasteiger partial charge in [0.15, 0.2) is 0 Å². The molecule has 1 heterocycles. The van der Waals surface area contributed by atoms with Gasteiger partial charge in [0.1, 0.15) is 0 Å². The molecule has 1 aliphatic rings. The molecule has 0 aromatic heterocycles. The highest BCUT2D eigenvalue weighted by molar-refractivity contribution is 4.79. The predicted octanol–water partition coefficient (Wildman–Crippen LogP) is 1.50. The van der Waals surface area contributed by atoms with Crippen LogP contribution in [-0.4, -0.2) is 63.5 Å². The van der Waals surface area contributed by atoms with Gasteiger partial charge in [0.2, 0.25) is 0 Å². The highest BCUT2D eigenvalue weighted by Crippen LogP contribution is 2.16. The quantitative estimate of drug-likeness (QED) is 0.636. The maximum Gasteiger partial charge on any atom is 0.0700 e. The molecular weight excluding hydrogens is 228 g/mol. The zero-order valence-corrected chi connectivity index (χ0v) is 12.3. The molecule has 18 heavy (non-hydrogen) atoms. The zero-order valence-electron chi connectivity index (χ0n) is 12.3. The number of methoxy groups -OCH3 is 1. The van der Waals surface area contributed by atoms with Crippen LogP contribution in [0.15, 0.2) is 0 Å². The smallest absolute Gasteiger partial charge is 0.0700 e. The maximum atomic E-state index is 5.56. The average Bonchev–Trinajstić information content (AvgIpc) is 2.37. The van der Waals surface area contributed by atoms with Crippen molar-refractivity contribution in [2.45, 2.75) is 45.2 Å². The van der Waals surface area contributed by atoms with E-state index < -0.39 is 0 Å². The van der Waals surface area contributed by atoms with Crippen LogP contribution in [0.5, 0.6) is 0 Å². The van der Waals surface area contributed by atoms with Crippen molar-refractivity contribution < 1.29 is 9.47 Å². The van der Waals surface area contributed by atoms with Crippen LogP contribution in [0.25, 0.3) is 0 Å². The fourth-order valence-electron chi connectivity index (χ4n) is 2.38. The molecule has 0 amide bonds. The molecule has 0 radical (unpaired) electrons. The third-order valence-corrected chi connectivity index (χ3v) is 3.47. The van der Waals surface area contributed by atoms with Crippen LogP contribution in [0.4, 0.5) is 0 Å². The lowest BCUT2D eigenvalue weighted by Gasteiger charge is -2.36. The number of hydrogen-bond acceptors (Lipinski definition) is 4. The fourth-order valence-corrected chi connectivity index (χ4v) is 2.38. The second-order valence-electron chi connectivity index (χ2n) is 5.35. The summed E-state index contributed by atoms with van der Waals surface area (Å²) in [5.74, 6) is 0. The Labute approximate surface area is 112 Å². The molecule has 1 fully saturated rings. The number of nitrogens with zero attached hydrogens (tertiary/aromatic N) is 1. The first-order chi connectivity index (χ1) is 8.74. The second kappa shape index (κ2) is 9.73. The number of likely N-dealkylation sites (tertiary alicyclic amines) is 1. The summed E-state index contributed by atoms with van der Waals surface area (Å²) in [6, 6.07) is 1.26. The van der Waals surface area contributed by atoms with Gasteiger partial charge in [0.05, 0.1) is 19.8 Å². The van der Waals surface area contributed by atoms with Crippen molar-refractivity contribution in [1.29, 1.82) is 0 Å². The van der Waals surface area contributed by atoms with E-state index in [0.717, 1.165) is 19.7 Å². The first-order valence-electron chi connectivity index (χ1n) is 7.28. The third kappa shape index (κ3) is 6.69. The van der Waals surface area contributed by atoms with Crippen LogP contribution in [0.3, 0.4) is 0 Å². The summed E-state index contributed by atoms with van der Waals surface area (Å²) < 4.78 is 10.5. The van der Waals surface area contributed by atoms with Gasteiger partial charge >= 0.3 is 0 Å². The van der Waals surface area contributed by atoms with Gasteiger partial charge in [0.25, 0.3) is 0 Å². The maximum absolute atomic E-state index is 5.56. The number of nitrogens with one attached hydrogen (secondary N) is 1. The van der Waals surface area contributed by atoms with Gasteiger partial charge in [-0.05, 0) is 19.4 Å². The molecule has 0 aromatic rings. The van der Waals surface area contributed by atoms with E-state index in [2.05, 4.69) is 24.1 Å². The van der Waals surface area contributed by atoms with E-state index in [1.165, 1.54) is 25.8 Å². The Balaban J connectivity index is 2.17. The Morgan fingerprint density at radius 1 is 1.22 bits per heavy atom. The van der Waals surface area contributed by atoms with Gasteiger partial charge in [-0.25, -0.2) is 0 Å². The van der Waals surface area contributed by atoms with Gasteiger partial charge < -0.3 is 14.8 Å². The van der Waals surface area contributed by atoms with Crippen molar-refractivity contribution in [3.8, 4) is 0 Å². The van der Waals surface area contributed by atoms with E-state index in [0.29, 0.717) is 25.3 Å². The largest absolute Gasteiger partial charge is 0.382 e. The molecule has 1 rings (SSSR count). The fraction of sp³-hybridized carbons (Fsp3) is 1.00. The Hall–Kier alpha value is -0.160. The van der Waals surface area contributed by atoms with E-state index in [1.54, 1.807) is 7.11 Å². The molecule has 0 aromatic carbocycles.